The molecule has 0 aromatic carbocycles. The first-order valence-corrected chi connectivity index (χ1v) is 4.10. The number of rotatable bonds is 2. The Labute approximate surface area is 75.1 Å². The summed E-state index contributed by atoms with van der Waals surface area (Å²) in [6.45, 7) is 1.90. The molecule has 0 amide bonds. The number of azo groups is 1. The van der Waals surface area contributed by atoms with Gasteiger partial charge in [-0.15, -0.1) is 5.11 Å². The average molecular weight is 181 g/mol. The smallest absolute Gasteiger partial charge is 0.198 e. The fourth-order valence-corrected chi connectivity index (χ4v) is 1.32. The summed E-state index contributed by atoms with van der Waals surface area (Å²) >= 11 is 0. The lowest BCUT2D eigenvalue weighted by Crippen LogP contribution is -2.06. The molecule has 1 aromatic rings. The van der Waals surface area contributed by atoms with Gasteiger partial charge in [0.25, 0.3) is 0 Å². The summed E-state index contributed by atoms with van der Waals surface area (Å²) < 4.78 is 1.65. The number of aromatic nitrogens is 2. The number of hydrogen-bond donors (Lipinski definition) is 2. The molecule has 0 fully saturated rings. The molecule has 6 nitrogen and oxygen atoms in total. The molecule has 1 aliphatic heterocycles. The molecule has 1 aliphatic rings. The van der Waals surface area contributed by atoms with Crippen LogP contribution >= 0.6 is 0 Å². The SMILES string of the molecule is Cc1nn2c(c1N)N=NC2CCO. The lowest BCUT2D eigenvalue weighted by Gasteiger charge is -2.04. The predicted molar refractivity (Wildman–Crippen MR) is 46.6 cm³/mol. The number of aliphatic hydroxyl groups excluding tert-OH is 1. The predicted octanol–water partition coefficient (Wildman–Crippen LogP) is 0.752. The fraction of sp³-hybridized carbons (Fsp3) is 0.571. The number of aryl methyl sites for hydroxylation is 1. The minimum atomic E-state index is -0.184. The highest BCUT2D eigenvalue weighted by Crippen LogP contribution is 2.35. The van der Waals surface area contributed by atoms with E-state index in [1.807, 2.05) is 6.92 Å². The Morgan fingerprint density at radius 2 is 2.38 bits per heavy atom. The average Bonchev–Trinajstić information content (AvgIpc) is 2.59. The second-order valence-corrected chi connectivity index (χ2v) is 2.98. The van der Waals surface area contributed by atoms with Crippen LogP contribution in [0.4, 0.5) is 11.5 Å². The molecule has 0 spiro atoms. The number of hydrogen-bond acceptors (Lipinski definition) is 5. The Morgan fingerprint density at radius 3 is 3.08 bits per heavy atom. The summed E-state index contributed by atoms with van der Waals surface area (Å²) in [6, 6.07) is 0. The van der Waals surface area contributed by atoms with Crippen molar-refractivity contribution in [2.24, 2.45) is 10.2 Å². The van der Waals surface area contributed by atoms with Crippen molar-refractivity contribution < 1.29 is 5.11 Å². The van der Waals surface area contributed by atoms with Crippen LogP contribution in [0.2, 0.25) is 0 Å². The molecule has 6 heteroatoms. The highest BCUT2D eigenvalue weighted by atomic mass is 16.3. The lowest BCUT2D eigenvalue weighted by atomic mass is 10.4. The number of anilines is 1. The first kappa shape index (κ1) is 8.18. The monoisotopic (exact) mass is 181 g/mol. The van der Waals surface area contributed by atoms with Crippen LogP contribution < -0.4 is 5.73 Å². The molecule has 0 aliphatic carbocycles. The summed E-state index contributed by atoms with van der Waals surface area (Å²) in [5, 5.41) is 20.8. The first-order chi connectivity index (χ1) is 6.24. The standard InChI is InChI=1S/C7H11N5O/c1-4-6(8)7-10-9-5(2-3-13)12(7)11-4/h5,13H,2-3,8H2,1H3. The molecule has 2 heterocycles. The van der Waals surface area contributed by atoms with Crippen LogP contribution in [-0.2, 0) is 0 Å². The minimum Gasteiger partial charge on any atom is -0.396 e. The second kappa shape index (κ2) is 2.81. The van der Waals surface area contributed by atoms with E-state index in [0.29, 0.717) is 17.9 Å². The fourth-order valence-electron chi connectivity index (χ4n) is 1.32. The van der Waals surface area contributed by atoms with Crippen LogP contribution in [0.3, 0.4) is 0 Å². The van der Waals surface area contributed by atoms with Gasteiger partial charge in [0.2, 0.25) is 0 Å². The molecule has 3 N–H and O–H groups in total. The zero-order valence-electron chi connectivity index (χ0n) is 7.30. The van der Waals surface area contributed by atoms with Crippen LogP contribution in [0.15, 0.2) is 10.2 Å². The van der Waals surface area contributed by atoms with Gasteiger partial charge in [-0.05, 0) is 6.92 Å². The Bertz CT molecular complexity index is 356. The molecule has 0 radical (unpaired) electrons. The Balaban J connectivity index is 2.37. The summed E-state index contributed by atoms with van der Waals surface area (Å²) in [4.78, 5) is 0. The molecule has 13 heavy (non-hydrogen) atoms. The van der Waals surface area contributed by atoms with E-state index in [9.17, 15) is 0 Å². The highest BCUT2D eigenvalue weighted by Gasteiger charge is 2.24. The van der Waals surface area contributed by atoms with E-state index in [1.54, 1.807) is 4.68 Å². The molecule has 1 atom stereocenters. The molecule has 1 aromatic heterocycles. The molecule has 0 saturated heterocycles. The van der Waals surface area contributed by atoms with E-state index < -0.39 is 0 Å². The zero-order valence-corrected chi connectivity index (χ0v) is 7.30. The van der Waals surface area contributed by atoms with Crippen molar-refractivity contribution in [3.05, 3.63) is 5.69 Å². The van der Waals surface area contributed by atoms with Crippen molar-refractivity contribution in [1.29, 1.82) is 0 Å². The zero-order chi connectivity index (χ0) is 9.42. The molecular weight excluding hydrogens is 170 g/mol. The van der Waals surface area contributed by atoms with Crippen molar-refractivity contribution in [2.75, 3.05) is 12.3 Å². The van der Waals surface area contributed by atoms with E-state index in [-0.39, 0.29) is 12.8 Å². The van der Waals surface area contributed by atoms with Crippen LogP contribution in [0.5, 0.6) is 0 Å². The minimum absolute atomic E-state index is 0.0714. The third-order valence-corrected chi connectivity index (χ3v) is 2.06. The number of nitrogens with zero attached hydrogens (tertiary/aromatic N) is 4. The van der Waals surface area contributed by atoms with E-state index >= 15 is 0 Å². The van der Waals surface area contributed by atoms with E-state index in [1.165, 1.54) is 0 Å². The highest BCUT2D eigenvalue weighted by molar-refractivity contribution is 5.61. The van der Waals surface area contributed by atoms with Gasteiger partial charge in [-0.1, -0.05) is 0 Å². The Morgan fingerprint density at radius 1 is 1.62 bits per heavy atom. The third kappa shape index (κ3) is 1.10. The Hall–Kier alpha value is -1.43. The molecule has 2 rings (SSSR count). The van der Waals surface area contributed by atoms with Crippen LogP contribution in [0, 0.1) is 6.92 Å². The van der Waals surface area contributed by atoms with Gasteiger partial charge in [0.15, 0.2) is 12.0 Å². The quantitative estimate of drug-likeness (QED) is 0.705. The van der Waals surface area contributed by atoms with Gasteiger partial charge in [-0.2, -0.15) is 10.2 Å². The van der Waals surface area contributed by atoms with E-state index in [2.05, 4.69) is 15.3 Å². The van der Waals surface area contributed by atoms with E-state index in [0.717, 1.165) is 5.69 Å². The van der Waals surface area contributed by atoms with Gasteiger partial charge < -0.3 is 10.8 Å². The maximum absolute atomic E-state index is 8.75. The number of fused-ring (bicyclic) bond motifs is 1. The molecule has 0 saturated carbocycles. The third-order valence-electron chi connectivity index (χ3n) is 2.06. The maximum atomic E-state index is 8.75. The van der Waals surface area contributed by atoms with Gasteiger partial charge in [0.1, 0.15) is 5.69 Å². The van der Waals surface area contributed by atoms with Gasteiger partial charge in [0.05, 0.1) is 5.69 Å². The summed E-state index contributed by atoms with van der Waals surface area (Å²) in [5.74, 6) is 0.607. The summed E-state index contributed by atoms with van der Waals surface area (Å²) in [6.07, 6.45) is 0.341. The molecule has 1 unspecified atom stereocenters. The van der Waals surface area contributed by atoms with Crippen molar-refractivity contribution in [3.63, 3.8) is 0 Å². The molecule has 70 valence electrons. The number of nitrogens with two attached hydrogens (primary N) is 1. The van der Waals surface area contributed by atoms with Crippen molar-refractivity contribution in [3.8, 4) is 0 Å². The van der Waals surface area contributed by atoms with Crippen molar-refractivity contribution >= 4 is 11.5 Å². The topological polar surface area (TPSA) is 88.8 Å². The van der Waals surface area contributed by atoms with Crippen molar-refractivity contribution in [2.45, 2.75) is 19.5 Å². The maximum Gasteiger partial charge on any atom is 0.198 e. The second-order valence-electron chi connectivity index (χ2n) is 2.98. The lowest BCUT2D eigenvalue weighted by molar-refractivity contribution is 0.256. The van der Waals surface area contributed by atoms with Gasteiger partial charge in [0, 0.05) is 13.0 Å². The number of aliphatic hydroxyl groups is 1. The normalized spacial score (nSPS) is 19.4. The van der Waals surface area contributed by atoms with Crippen LogP contribution in [0.1, 0.15) is 18.3 Å². The van der Waals surface area contributed by atoms with Crippen LogP contribution in [-0.4, -0.2) is 21.5 Å². The largest absolute Gasteiger partial charge is 0.396 e. The Kier molecular flexibility index (Phi) is 1.77. The molecule has 0 bridgehead atoms. The first-order valence-electron chi connectivity index (χ1n) is 4.10. The van der Waals surface area contributed by atoms with Gasteiger partial charge >= 0.3 is 0 Å². The summed E-state index contributed by atoms with van der Waals surface area (Å²) in [5.41, 5.74) is 7.05. The van der Waals surface area contributed by atoms with Crippen LogP contribution in [0.25, 0.3) is 0 Å². The summed E-state index contributed by atoms with van der Waals surface area (Å²) in [7, 11) is 0. The van der Waals surface area contributed by atoms with Gasteiger partial charge in [-0.25, -0.2) is 4.68 Å². The number of nitrogen functional groups attached to an aromatic ring is 1. The van der Waals surface area contributed by atoms with E-state index in [4.69, 9.17) is 10.8 Å². The molecular formula is C7H11N5O. The van der Waals surface area contributed by atoms with Crippen molar-refractivity contribution in [1.82, 2.24) is 9.78 Å². The van der Waals surface area contributed by atoms with Gasteiger partial charge in [-0.3, -0.25) is 0 Å².